The topological polar surface area (TPSA) is 0 Å². The van der Waals surface area contributed by atoms with Crippen LogP contribution >= 0.6 is 48.0 Å². The van der Waals surface area contributed by atoms with Gasteiger partial charge in [0.25, 0.3) is 0 Å². The zero-order valence-corrected chi connectivity index (χ0v) is 6.84. The van der Waals surface area contributed by atoms with Gasteiger partial charge in [-0.2, -0.15) is 0 Å². The van der Waals surface area contributed by atoms with E-state index in [1.165, 1.54) is 0 Å². The molecule has 0 radical (unpaired) electrons. The average molecular weight is 186 g/mol. The third-order valence-corrected chi connectivity index (χ3v) is 0.802. The van der Waals surface area contributed by atoms with Crippen molar-refractivity contribution >= 4 is 48.0 Å². The fourth-order valence-corrected chi connectivity index (χ4v) is 0.455. The van der Waals surface area contributed by atoms with Gasteiger partial charge in [-0.3, -0.25) is 0 Å². The van der Waals surface area contributed by atoms with Crippen LogP contribution in [0.1, 0.15) is 6.42 Å². The van der Waals surface area contributed by atoms with E-state index in [2.05, 4.69) is 0 Å². The molecule has 0 unspecified atom stereocenters. The fraction of sp³-hybridized carbons (Fsp3) is 1.00. The minimum atomic E-state index is 0. The molecule has 0 N–H and O–H groups in total. The summed E-state index contributed by atoms with van der Waals surface area (Å²) in [6.45, 7) is 0. The molecule has 0 heterocycles. The standard InChI is InChI=1S/C3H6Cl2.2ClH/c4-2-1-3-5;;/h1-3H2;2*1H. The number of alkyl halides is 2. The summed E-state index contributed by atoms with van der Waals surface area (Å²) >= 11 is 10.4. The van der Waals surface area contributed by atoms with Crippen molar-refractivity contribution in [1.29, 1.82) is 0 Å². The summed E-state index contributed by atoms with van der Waals surface area (Å²) in [5, 5.41) is 0. The van der Waals surface area contributed by atoms with Gasteiger partial charge < -0.3 is 0 Å². The van der Waals surface area contributed by atoms with Crippen molar-refractivity contribution in [1.82, 2.24) is 0 Å². The third kappa shape index (κ3) is 19.1. The Morgan fingerprint density at radius 3 is 1.14 bits per heavy atom. The summed E-state index contributed by atoms with van der Waals surface area (Å²) in [6.07, 6.45) is 0.920. The predicted molar refractivity (Wildman–Crippen MR) is 40.6 cm³/mol. The van der Waals surface area contributed by atoms with Crippen molar-refractivity contribution in [3.8, 4) is 0 Å². The maximum atomic E-state index is 5.22. The highest BCUT2D eigenvalue weighted by molar-refractivity contribution is 6.20. The molecule has 7 heavy (non-hydrogen) atoms. The fourth-order valence-electron chi connectivity index (χ4n) is 0.0505. The van der Waals surface area contributed by atoms with Gasteiger partial charge in [-0.15, -0.1) is 48.0 Å². The van der Waals surface area contributed by atoms with Gasteiger partial charge in [0.2, 0.25) is 0 Å². The second-order valence-corrected chi connectivity index (χ2v) is 1.49. The first-order chi connectivity index (χ1) is 2.41. The van der Waals surface area contributed by atoms with Crippen molar-refractivity contribution in [2.45, 2.75) is 6.42 Å². The minimum Gasteiger partial charge on any atom is -0.147 e. The Balaban J connectivity index is -0.0000000800. The molecule has 48 valence electrons. The van der Waals surface area contributed by atoms with Gasteiger partial charge >= 0.3 is 0 Å². The van der Waals surface area contributed by atoms with Gasteiger partial charge in [0, 0.05) is 11.8 Å². The van der Waals surface area contributed by atoms with Gasteiger partial charge in [-0.1, -0.05) is 0 Å². The lowest BCUT2D eigenvalue weighted by Crippen LogP contribution is -1.70. The molecule has 0 nitrogen and oxygen atoms in total. The summed E-state index contributed by atoms with van der Waals surface area (Å²) in [7, 11) is 0. The second kappa shape index (κ2) is 15.7. The van der Waals surface area contributed by atoms with E-state index in [0.717, 1.165) is 6.42 Å². The van der Waals surface area contributed by atoms with Crippen molar-refractivity contribution in [2.75, 3.05) is 11.8 Å². The van der Waals surface area contributed by atoms with Crippen LogP contribution in [-0.4, -0.2) is 11.8 Å². The average Bonchev–Trinajstić information content (AvgIpc) is 1.41. The van der Waals surface area contributed by atoms with Gasteiger partial charge in [0.15, 0.2) is 0 Å². The highest BCUT2D eigenvalue weighted by Gasteiger charge is 1.72. The van der Waals surface area contributed by atoms with E-state index in [9.17, 15) is 0 Å². The summed E-state index contributed by atoms with van der Waals surface area (Å²) in [5.74, 6) is 1.37. The molecule has 0 fully saturated rings. The monoisotopic (exact) mass is 184 g/mol. The van der Waals surface area contributed by atoms with Gasteiger partial charge in [0.1, 0.15) is 0 Å². The number of halogens is 4. The molecule has 0 amide bonds. The van der Waals surface area contributed by atoms with Crippen molar-refractivity contribution in [3.05, 3.63) is 0 Å². The molecule has 0 aliphatic rings. The molecule has 0 saturated carbocycles. The smallest absolute Gasteiger partial charge is 0.0234 e. The maximum absolute atomic E-state index is 5.22. The third-order valence-electron chi connectivity index (χ3n) is 0.267. The van der Waals surface area contributed by atoms with Gasteiger partial charge in [0.05, 0.1) is 0 Å². The summed E-state index contributed by atoms with van der Waals surface area (Å²) in [6, 6.07) is 0. The lowest BCUT2D eigenvalue weighted by Gasteiger charge is -1.75. The molecule has 0 aromatic heterocycles. The van der Waals surface area contributed by atoms with E-state index in [4.69, 9.17) is 23.2 Å². The van der Waals surface area contributed by atoms with E-state index in [1.54, 1.807) is 0 Å². The summed E-state index contributed by atoms with van der Waals surface area (Å²) in [5.41, 5.74) is 0. The highest BCUT2D eigenvalue weighted by Crippen LogP contribution is 1.84. The molecule has 0 atom stereocenters. The van der Waals surface area contributed by atoms with Crippen molar-refractivity contribution in [3.63, 3.8) is 0 Å². The van der Waals surface area contributed by atoms with Crippen LogP contribution in [0.3, 0.4) is 0 Å². The Morgan fingerprint density at radius 1 is 0.857 bits per heavy atom. The van der Waals surface area contributed by atoms with Crippen LogP contribution in [0, 0.1) is 0 Å². The van der Waals surface area contributed by atoms with E-state index in [1.807, 2.05) is 0 Å². The minimum absolute atomic E-state index is 0. The molecule has 0 aromatic rings. The SMILES string of the molecule is Cl.Cl.ClCCCCl. The molecule has 0 spiro atoms. The quantitative estimate of drug-likeness (QED) is 0.581. The normalized spacial score (nSPS) is 6.00. The molecule has 0 saturated heterocycles. The maximum Gasteiger partial charge on any atom is 0.0234 e. The van der Waals surface area contributed by atoms with E-state index < -0.39 is 0 Å². The lowest BCUT2D eigenvalue weighted by molar-refractivity contribution is 1.11. The number of hydrogen-bond acceptors (Lipinski definition) is 0. The van der Waals surface area contributed by atoms with E-state index in [0.29, 0.717) is 11.8 Å². The highest BCUT2D eigenvalue weighted by atomic mass is 35.5. The largest absolute Gasteiger partial charge is 0.147 e. The number of rotatable bonds is 2. The zero-order chi connectivity index (χ0) is 4.12. The summed E-state index contributed by atoms with van der Waals surface area (Å²) in [4.78, 5) is 0. The second-order valence-electron chi connectivity index (χ2n) is 0.732. The molecule has 0 aromatic carbocycles. The molecular formula is C3H8Cl4. The Labute approximate surface area is 66.4 Å². The Hall–Kier alpha value is 1.16. The molecule has 0 aliphatic heterocycles. The Kier molecular flexibility index (Phi) is 35.2. The first kappa shape index (κ1) is 15.7. The Morgan fingerprint density at radius 2 is 1.14 bits per heavy atom. The first-order valence-corrected chi connectivity index (χ1v) is 2.60. The molecule has 0 bridgehead atoms. The van der Waals surface area contributed by atoms with Crippen LogP contribution in [0.4, 0.5) is 0 Å². The van der Waals surface area contributed by atoms with Crippen LogP contribution in [0.5, 0.6) is 0 Å². The van der Waals surface area contributed by atoms with E-state index >= 15 is 0 Å². The van der Waals surface area contributed by atoms with Crippen LogP contribution in [-0.2, 0) is 0 Å². The number of hydrogen-bond donors (Lipinski definition) is 0. The van der Waals surface area contributed by atoms with Crippen LogP contribution < -0.4 is 0 Å². The van der Waals surface area contributed by atoms with Crippen LogP contribution in [0.15, 0.2) is 0 Å². The summed E-state index contributed by atoms with van der Waals surface area (Å²) < 4.78 is 0. The zero-order valence-electron chi connectivity index (χ0n) is 3.69. The lowest BCUT2D eigenvalue weighted by atomic mass is 10.6. The Bertz CT molecular complexity index is 14.4. The van der Waals surface area contributed by atoms with Gasteiger partial charge in [-0.05, 0) is 6.42 Å². The van der Waals surface area contributed by atoms with Gasteiger partial charge in [-0.25, -0.2) is 0 Å². The predicted octanol–water partition coefficient (Wildman–Crippen LogP) is 2.70. The first-order valence-electron chi connectivity index (χ1n) is 1.53. The van der Waals surface area contributed by atoms with Crippen molar-refractivity contribution < 1.29 is 0 Å². The molecule has 4 heteroatoms. The van der Waals surface area contributed by atoms with E-state index in [-0.39, 0.29) is 24.8 Å². The van der Waals surface area contributed by atoms with Crippen LogP contribution in [0.25, 0.3) is 0 Å². The van der Waals surface area contributed by atoms with Crippen LogP contribution in [0.2, 0.25) is 0 Å². The molecular weight excluding hydrogens is 178 g/mol. The molecule has 0 rings (SSSR count). The molecule has 0 aliphatic carbocycles. The van der Waals surface area contributed by atoms with Crippen molar-refractivity contribution in [2.24, 2.45) is 0 Å².